The van der Waals surface area contributed by atoms with Crippen molar-refractivity contribution in [3.8, 4) is 0 Å². The first-order valence-corrected chi connectivity index (χ1v) is 9.62. The molecular formula is C14H28N2O2S. The maximum absolute atomic E-state index is 11.9. The minimum atomic E-state index is -2.83. The van der Waals surface area contributed by atoms with Gasteiger partial charge in [-0.2, -0.15) is 0 Å². The van der Waals surface area contributed by atoms with Gasteiger partial charge in [0.05, 0.1) is 11.5 Å². The van der Waals surface area contributed by atoms with Gasteiger partial charge < -0.3 is 5.32 Å². The zero-order chi connectivity index (χ0) is 13.7. The molecule has 0 radical (unpaired) electrons. The summed E-state index contributed by atoms with van der Waals surface area (Å²) < 4.78 is 23.8. The normalized spacial score (nSPS) is 31.0. The number of likely N-dealkylation sites (tertiary alicyclic amines) is 1. The van der Waals surface area contributed by atoms with Crippen LogP contribution in [0.4, 0.5) is 0 Å². The zero-order valence-electron chi connectivity index (χ0n) is 12.1. The van der Waals surface area contributed by atoms with E-state index < -0.39 is 9.84 Å². The van der Waals surface area contributed by atoms with Gasteiger partial charge in [-0.25, -0.2) is 8.42 Å². The van der Waals surface area contributed by atoms with Gasteiger partial charge in [0.1, 0.15) is 0 Å². The van der Waals surface area contributed by atoms with Crippen molar-refractivity contribution in [2.24, 2.45) is 0 Å². The Morgan fingerprint density at radius 2 is 1.84 bits per heavy atom. The molecule has 2 saturated heterocycles. The lowest BCUT2D eigenvalue weighted by atomic mass is 10.1. The fraction of sp³-hybridized carbons (Fsp3) is 1.00. The summed E-state index contributed by atoms with van der Waals surface area (Å²) in [6.45, 7) is 5.33. The van der Waals surface area contributed by atoms with Crippen molar-refractivity contribution < 1.29 is 8.42 Å². The smallest absolute Gasteiger partial charge is 0.153 e. The van der Waals surface area contributed by atoms with Crippen LogP contribution in [0, 0.1) is 0 Å². The average Bonchev–Trinajstić information content (AvgIpc) is 2.96. The summed E-state index contributed by atoms with van der Waals surface area (Å²) in [6, 6.07) is 0.378. The topological polar surface area (TPSA) is 49.4 Å². The SMILES string of the molecule is CCCCCCN[C@@H]1CS(=O)(=O)C[C@@H]1N1CCCC1. The standard InChI is InChI=1S/C14H28N2O2S/c1-2-3-4-5-8-15-13-11-19(17,18)12-14(13)16-9-6-7-10-16/h13-15H,2-12H2,1H3/t13-,14+/m1/s1. The maximum Gasteiger partial charge on any atom is 0.153 e. The lowest BCUT2D eigenvalue weighted by Crippen LogP contribution is -2.48. The summed E-state index contributed by atoms with van der Waals surface area (Å²) in [5.41, 5.74) is 0. The lowest BCUT2D eigenvalue weighted by molar-refractivity contribution is 0.226. The first-order valence-electron chi connectivity index (χ1n) is 7.80. The fourth-order valence-corrected chi connectivity index (χ4v) is 5.28. The summed E-state index contributed by atoms with van der Waals surface area (Å²) in [7, 11) is -2.83. The molecule has 2 fully saturated rings. The molecule has 0 amide bonds. The van der Waals surface area contributed by atoms with Crippen LogP contribution in [0.15, 0.2) is 0 Å². The number of rotatable bonds is 7. The number of nitrogens with one attached hydrogen (secondary N) is 1. The van der Waals surface area contributed by atoms with Gasteiger partial charge in [0, 0.05) is 12.1 Å². The third-order valence-corrected chi connectivity index (χ3v) is 6.09. The Bertz CT molecular complexity index is 364. The third-order valence-electron chi connectivity index (χ3n) is 4.37. The van der Waals surface area contributed by atoms with E-state index in [4.69, 9.17) is 0 Å². The van der Waals surface area contributed by atoms with Crippen molar-refractivity contribution >= 4 is 9.84 Å². The van der Waals surface area contributed by atoms with Crippen molar-refractivity contribution in [2.45, 2.75) is 57.5 Å². The van der Waals surface area contributed by atoms with Gasteiger partial charge in [0.15, 0.2) is 9.84 Å². The summed E-state index contributed by atoms with van der Waals surface area (Å²) in [6.07, 6.45) is 7.38. The molecule has 19 heavy (non-hydrogen) atoms. The van der Waals surface area contributed by atoms with Crippen molar-refractivity contribution in [1.82, 2.24) is 10.2 Å². The molecule has 0 aromatic carbocycles. The Kier molecular flexibility index (Phi) is 5.66. The highest BCUT2D eigenvalue weighted by Gasteiger charge is 2.41. The third kappa shape index (κ3) is 4.43. The Hall–Kier alpha value is -0.130. The van der Waals surface area contributed by atoms with Crippen LogP contribution in [-0.4, -0.2) is 56.5 Å². The highest BCUT2D eigenvalue weighted by Crippen LogP contribution is 2.22. The molecule has 0 spiro atoms. The van der Waals surface area contributed by atoms with Crippen LogP contribution in [0.1, 0.15) is 45.4 Å². The van der Waals surface area contributed by atoms with Gasteiger partial charge in [0.25, 0.3) is 0 Å². The number of unbranched alkanes of at least 4 members (excludes halogenated alkanes) is 3. The highest BCUT2D eigenvalue weighted by molar-refractivity contribution is 7.91. The summed E-state index contributed by atoms with van der Waals surface area (Å²) in [4.78, 5) is 2.38. The molecule has 2 aliphatic heterocycles. The highest BCUT2D eigenvalue weighted by atomic mass is 32.2. The molecule has 0 saturated carbocycles. The zero-order valence-corrected chi connectivity index (χ0v) is 12.9. The minimum absolute atomic E-state index is 0.157. The van der Waals surface area contributed by atoms with Gasteiger partial charge in [-0.05, 0) is 38.9 Å². The molecule has 4 nitrogen and oxygen atoms in total. The van der Waals surface area contributed by atoms with E-state index in [1.807, 2.05) is 0 Å². The number of nitrogens with zero attached hydrogens (tertiary/aromatic N) is 1. The average molecular weight is 288 g/mol. The van der Waals surface area contributed by atoms with Gasteiger partial charge in [0.2, 0.25) is 0 Å². The fourth-order valence-electron chi connectivity index (χ4n) is 3.30. The molecular weight excluding hydrogens is 260 g/mol. The number of hydrogen-bond acceptors (Lipinski definition) is 4. The summed E-state index contributed by atoms with van der Waals surface area (Å²) >= 11 is 0. The Balaban J connectivity index is 1.82. The molecule has 5 heteroatoms. The maximum atomic E-state index is 11.9. The molecule has 2 heterocycles. The molecule has 112 valence electrons. The van der Waals surface area contributed by atoms with E-state index in [1.165, 1.54) is 32.1 Å². The van der Waals surface area contributed by atoms with Crippen LogP contribution in [0.3, 0.4) is 0 Å². The van der Waals surface area contributed by atoms with Crippen LogP contribution in [0.5, 0.6) is 0 Å². The van der Waals surface area contributed by atoms with E-state index in [2.05, 4.69) is 17.1 Å². The molecule has 2 aliphatic rings. The molecule has 1 N–H and O–H groups in total. The largest absolute Gasteiger partial charge is 0.311 e. The number of sulfone groups is 1. The Morgan fingerprint density at radius 1 is 1.11 bits per heavy atom. The Morgan fingerprint density at radius 3 is 2.53 bits per heavy atom. The van der Waals surface area contributed by atoms with Crippen LogP contribution in [0.2, 0.25) is 0 Å². The molecule has 2 rings (SSSR count). The van der Waals surface area contributed by atoms with Gasteiger partial charge in [-0.3, -0.25) is 4.90 Å². The van der Waals surface area contributed by atoms with Gasteiger partial charge >= 0.3 is 0 Å². The van der Waals surface area contributed by atoms with Crippen LogP contribution in [0.25, 0.3) is 0 Å². The summed E-state index contributed by atoms with van der Waals surface area (Å²) in [5, 5.41) is 3.50. The van der Waals surface area contributed by atoms with Crippen LogP contribution in [-0.2, 0) is 9.84 Å². The Labute approximate surface area is 117 Å². The van der Waals surface area contributed by atoms with Crippen LogP contribution >= 0.6 is 0 Å². The molecule has 0 bridgehead atoms. The predicted octanol–water partition coefficient (Wildman–Crippen LogP) is 1.42. The predicted molar refractivity (Wildman–Crippen MR) is 79.2 cm³/mol. The van der Waals surface area contributed by atoms with E-state index in [0.29, 0.717) is 11.5 Å². The second-order valence-electron chi connectivity index (χ2n) is 6.01. The monoisotopic (exact) mass is 288 g/mol. The first-order chi connectivity index (χ1) is 9.12. The second-order valence-corrected chi connectivity index (χ2v) is 8.16. The van der Waals surface area contributed by atoms with E-state index in [-0.39, 0.29) is 12.1 Å². The molecule has 0 aromatic rings. The van der Waals surface area contributed by atoms with E-state index in [1.54, 1.807) is 0 Å². The minimum Gasteiger partial charge on any atom is -0.311 e. The van der Waals surface area contributed by atoms with Gasteiger partial charge in [-0.1, -0.05) is 26.2 Å². The first kappa shape index (κ1) is 15.3. The van der Waals surface area contributed by atoms with Crippen LogP contribution < -0.4 is 5.32 Å². The van der Waals surface area contributed by atoms with E-state index in [0.717, 1.165) is 26.1 Å². The molecule has 0 unspecified atom stereocenters. The van der Waals surface area contributed by atoms with Gasteiger partial charge in [-0.15, -0.1) is 0 Å². The van der Waals surface area contributed by atoms with E-state index in [9.17, 15) is 8.42 Å². The summed E-state index contributed by atoms with van der Waals surface area (Å²) in [5.74, 6) is 0.696. The molecule has 2 atom stereocenters. The molecule has 0 aliphatic carbocycles. The lowest BCUT2D eigenvalue weighted by Gasteiger charge is -2.28. The second kappa shape index (κ2) is 7.04. The molecule has 0 aromatic heterocycles. The van der Waals surface area contributed by atoms with Crippen molar-refractivity contribution in [3.63, 3.8) is 0 Å². The van der Waals surface area contributed by atoms with Crippen molar-refractivity contribution in [2.75, 3.05) is 31.1 Å². The van der Waals surface area contributed by atoms with Crippen molar-refractivity contribution in [1.29, 1.82) is 0 Å². The number of hydrogen-bond donors (Lipinski definition) is 1. The van der Waals surface area contributed by atoms with Crippen molar-refractivity contribution in [3.05, 3.63) is 0 Å². The quantitative estimate of drug-likeness (QED) is 0.720. The van der Waals surface area contributed by atoms with E-state index >= 15 is 0 Å².